The first kappa shape index (κ1) is 107. The monoisotopic (exact) mass is 1920 g/mol. The first-order valence-corrected chi connectivity index (χ1v) is 47.3. The molecule has 0 spiro atoms. The van der Waals surface area contributed by atoms with Crippen molar-refractivity contribution in [1.29, 1.82) is 5.41 Å². The summed E-state index contributed by atoms with van der Waals surface area (Å²) in [6, 6.07) is -1.51. The second-order valence-electron chi connectivity index (χ2n) is 35.3. The summed E-state index contributed by atoms with van der Waals surface area (Å²) in [7, 11) is 3.95. The van der Waals surface area contributed by atoms with Crippen molar-refractivity contribution >= 4 is 140 Å². The number of aliphatic hydroxyl groups excluding tert-OH is 1. The van der Waals surface area contributed by atoms with Crippen LogP contribution in [0.5, 0.6) is 5.75 Å². The molecule has 43 nitrogen and oxygen atoms in total. The van der Waals surface area contributed by atoms with Crippen LogP contribution in [-0.2, 0) is 107 Å². The van der Waals surface area contributed by atoms with Gasteiger partial charge in [0.15, 0.2) is 12.0 Å². The number of amides is 17. The van der Waals surface area contributed by atoms with Crippen LogP contribution in [0.4, 0.5) is 0 Å². The van der Waals surface area contributed by atoms with Crippen LogP contribution < -0.4 is 75.7 Å². The number of primary amides is 2. The molecule has 0 radical (unpaired) electrons. The SMILES string of the molecule is C=C(O)[C@@H]1NC(=O)[C@H](Cc2c[nH]c3ccccc23)NC(=O)[C@@H]2CCCN2C(=O)[C@H](CC(C)C)NC(=O)[C@H](Cc2cnc[nH]2)NC(=O)[C@@H]2CCCN2C(=O)[C@H](CC(N)=O)NC(=O)[C@H](C)N(C)C(=O)[C@H](Cc2ccc(O)cc2)NC(=O)CSCCC(C(=O)NCC(N)=O)NC(=O)[C@H](CCCNC(=N)N)NC(=O)[C@H](CCCC)N(C)C(=O)[C@H](CCCC)N(C)C(=O)[C@H](Cc2c[nH]c3ccccc23)NC1=O. The summed E-state index contributed by atoms with van der Waals surface area (Å²) in [5.41, 5.74) is 19.9. The van der Waals surface area contributed by atoms with Gasteiger partial charge in [0, 0.05) is 113 Å². The topological polar surface area (TPSA) is 641 Å². The second kappa shape index (κ2) is 51.0. The van der Waals surface area contributed by atoms with Gasteiger partial charge in [-0.3, -0.25) is 86.9 Å². The Kier molecular flexibility index (Phi) is 39.7. The number of rotatable bonds is 26. The van der Waals surface area contributed by atoms with E-state index in [-0.39, 0.29) is 127 Å². The largest absolute Gasteiger partial charge is 0.510 e. The Hall–Kier alpha value is -14.1. The van der Waals surface area contributed by atoms with Crippen molar-refractivity contribution < 1.29 is 91.7 Å². The maximum absolute atomic E-state index is 15.8. The van der Waals surface area contributed by atoms with E-state index in [2.05, 4.69) is 85.0 Å². The van der Waals surface area contributed by atoms with Crippen LogP contribution in [0.2, 0.25) is 0 Å². The predicted molar refractivity (Wildman–Crippen MR) is 508 cm³/mol. The summed E-state index contributed by atoms with van der Waals surface area (Å²) in [6.45, 7) is 11.4. The molecule has 0 bridgehead atoms. The maximum atomic E-state index is 15.8. The number of benzene rings is 3. The number of hydrogen-bond acceptors (Lipinski definition) is 22. The molecule has 3 aromatic carbocycles. The van der Waals surface area contributed by atoms with Crippen LogP contribution in [0.1, 0.15) is 153 Å². The smallest absolute Gasteiger partial charge is 0.251 e. The number of H-pyrrole nitrogens is 3. The number of nitrogens with two attached hydrogens (primary N) is 3. The minimum atomic E-state index is -2.07. The van der Waals surface area contributed by atoms with Gasteiger partial charge in [-0.2, -0.15) is 11.8 Å². The van der Waals surface area contributed by atoms with Gasteiger partial charge in [-0.15, -0.1) is 0 Å². The lowest BCUT2D eigenvalue weighted by atomic mass is 9.99. The number of aliphatic hydroxyl groups is 1. The van der Waals surface area contributed by atoms with Gasteiger partial charge < -0.3 is 125 Å². The molecule has 23 N–H and O–H groups in total. The molecule has 3 aliphatic rings. The molecule has 0 aliphatic carbocycles. The molecule has 9 rings (SSSR count). The number of imidazole rings is 1. The normalized spacial score (nSPS) is 24.1. The van der Waals surface area contributed by atoms with E-state index in [9.17, 15) is 53.4 Å². The number of phenols is 1. The summed E-state index contributed by atoms with van der Waals surface area (Å²) < 4.78 is 0. The number of aromatic amines is 3. The second-order valence-corrected chi connectivity index (χ2v) is 36.4. The fourth-order valence-electron chi connectivity index (χ4n) is 17.0. The molecule has 3 fully saturated rings. The number of aromatic hydroxyl groups is 1. The number of likely N-dealkylation sites (N-methyl/N-ethyl adjacent to an activating group) is 3. The van der Waals surface area contributed by atoms with E-state index in [4.69, 9.17) is 22.6 Å². The molecule has 44 heteroatoms. The van der Waals surface area contributed by atoms with E-state index < -0.39 is 215 Å². The lowest BCUT2D eigenvalue weighted by molar-refractivity contribution is -0.149. The molecule has 742 valence electrons. The minimum absolute atomic E-state index is 0.00578. The van der Waals surface area contributed by atoms with Gasteiger partial charge >= 0.3 is 0 Å². The van der Waals surface area contributed by atoms with Crippen molar-refractivity contribution in [3.63, 3.8) is 0 Å². The number of fused-ring (bicyclic) bond motifs is 4. The summed E-state index contributed by atoms with van der Waals surface area (Å²) in [4.78, 5) is 270. The number of hydrogen-bond donors (Lipinski definition) is 20. The fraction of sp³-hybridized carbons (Fsp3) is 0.516. The van der Waals surface area contributed by atoms with Crippen molar-refractivity contribution in [2.75, 3.05) is 58.8 Å². The van der Waals surface area contributed by atoms with E-state index in [0.29, 0.717) is 69.9 Å². The standard InChI is InChI=1S/C93H130N24O19S/c1-10-12-26-71-84(128)106-63(25-18-35-99-93(96)97)81(125)105-64(80(124)102-48-76(95)121)34-38-137-49-77(122)104-68(40-54-30-32-58(119)33-31-54)88(132)113(7)52(5)79(123)109-70(44-75(94)120)91(135)117-37-20-29-73(117)86(130)108-66(43-57-47-98-50-103-57)82(126)110-67(39-51(3)4)90(134)116-36-19-28-72(116)85(129)107-65(41-55-45-100-61-23-16-14-21-59(55)61)83(127)112-78(53(6)118)87(131)111-69(42-56-46-101-62-24-17-15-22-60(56)62)89(133)115(9)74(27-13-11-2)92(136)114(71)8/h14-17,21-24,30-33,45-47,50-52,63-74,78,100-101,118-119H,6,10-13,18-20,25-29,34-44,48-49H2,1-5,7-9H3,(H2,94,120)(H2,95,121)(H,98,103)(H,102,124)(H,104,122)(H,105,125)(H,106,128)(H,107,129)(H,108,130)(H,109,123)(H,110,126)(H,111,131)(H,112,127)(H4,96,97,99)/t52-,63-,64?,65-,66-,67-,68-,69-,70-,71-,72-,73-,74-,78-/m0/s1. The number of nitrogens with one attached hydrogen (secondary N) is 15. The van der Waals surface area contributed by atoms with E-state index in [1.54, 1.807) is 74.8 Å². The van der Waals surface area contributed by atoms with E-state index in [0.717, 1.165) is 31.4 Å². The van der Waals surface area contributed by atoms with Crippen LogP contribution in [0.15, 0.2) is 110 Å². The van der Waals surface area contributed by atoms with Crippen LogP contribution in [0, 0.1) is 11.3 Å². The number of phenolic OH excluding ortho intramolecular Hbond substituents is 1. The minimum Gasteiger partial charge on any atom is -0.510 e. The number of aromatic nitrogens is 4. The zero-order valence-corrected chi connectivity index (χ0v) is 79.3. The van der Waals surface area contributed by atoms with Crippen molar-refractivity contribution in [3.05, 3.63) is 132 Å². The predicted octanol–water partition coefficient (Wildman–Crippen LogP) is -0.430. The van der Waals surface area contributed by atoms with E-state index >= 15 is 38.4 Å². The highest BCUT2D eigenvalue weighted by Crippen LogP contribution is 2.28. The molecule has 137 heavy (non-hydrogen) atoms. The first-order valence-electron chi connectivity index (χ1n) is 46.1. The van der Waals surface area contributed by atoms with Crippen molar-refractivity contribution in [3.8, 4) is 5.75 Å². The van der Waals surface area contributed by atoms with Crippen molar-refractivity contribution in [2.45, 2.75) is 241 Å². The number of carbonyl (C=O) groups is 17. The Bertz CT molecular complexity index is 5320. The maximum Gasteiger partial charge on any atom is 0.251 e. The molecule has 3 saturated heterocycles. The molecule has 0 saturated carbocycles. The summed E-state index contributed by atoms with van der Waals surface area (Å²) in [5, 5.41) is 60.3. The number of guanidine groups is 1. The highest BCUT2D eigenvalue weighted by molar-refractivity contribution is 7.99. The molecule has 6 heterocycles. The van der Waals surface area contributed by atoms with Gasteiger partial charge in [-0.1, -0.05) is 108 Å². The molecule has 3 aromatic heterocycles. The number of carbonyl (C=O) groups excluding carboxylic acids is 17. The van der Waals surface area contributed by atoms with Crippen molar-refractivity contribution in [2.24, 2.45) is 23.1 Å². The van der Waals surface area contributed by atoms with Crippen LogP contribution in [0.25, 0.3) is 21.8 Å². The van der Waals surface area contributed by atoms with Crippen molar-refractivity contribution in [1.82, 2.24) is 103 Å². The lowest BCUT2D eigenvalue weighted by Crippen LogP contribution is -2.61. The quantitative estimate of drug-likeness (QED) is 0.0142. The van der Waals surface area contributed by atoms with Gasteiger partial charge in [0.05, 0.1) is 25.0 Å². The third kappa shape index (κ3) is 29.9. The van der Waals surface area contributed by atoms with Gasteiger partial charge in [-0.25, -0.2) is 4.98 Å². The number of nitrogens with zero attached hydrogens (tertiary/aromatic N) is 6. The molecular formula is C93H130N24O19S. The highest BCUT2D eigenvalue weighted by Gasteiger charge is 2.46. The summed E-state index contributed by atoms with van der Waals surface area (Å²) in [6.07, 6.45) is 5.89. The van der Waals surface area contributed by atoms with Crippen LogP contribution >= 0.6 is 11.8 Å². The Morgan fingerprint density at radius 2 is 1.06 bits per heavy atom. The first-order chi connectivity index (χ1) is 65.3. The summed E-state index contributed by atoms with van der Waals surface area (Å²) >= 11 is 0.939. The number of para-hydroxylation sites is 2. The fourth-order valence-corrected chi connectivity index (χ4v) is 17.8. The lowest BCUT2D eigenvalue weighted by Gasteiger charge is -2.36. The van der Waals surface area contributed by atoms with Gasteiger partial charge in [0.2, 0.25) is 94.5 Å². The van der Waals surface area contributed by atoms with Crippen LogP contribution in [0.3, 0.4) is 0 Å². The molecule has 1 unspecified atom stereocenters. The highest BCUT2D eigenvalue weighted by atomic mass is 32.2. The third-order valence-electron chi connectivity index (χ3n) is 24.6. The average molecular weight is 1920 g/mol. The van der Waals surface area contributed by atoms with E-state index in [1.807, 2.05) is 13.8 Å². The third-order valence-corrected chi connectivity index (χ3v) is 25.6. The molecule has 6 aromatic rings. The summed E-state index contributed by atoms with van der Waals surface area (Å²) in [5.74, 6) is -17.7. The van der Waals surface area contributed by atoms with E-state index in [1.165, 1.54) is 69.8 Å². The zero-order chi connectivity index (χ0) is 100. The Morgan fingerprint density at radius 1 is 0.540 bits per heavy atom. The molecule has 3 aliphatic heterocycles. The van der Waals surface area contributed by atoms with Crippen LogP contribution in [-0.4, -0.2) is 304 Å². The average Bonchev–Trinajstić information content (AvgIpc) is 1.77. The molecule has 14 atom stereocenters. The van der Waals surface area contributed by atoms with Gasteiger partial charge in [-0.05, 0) is 124 Å². The molecular weight excluding hydrogens is 1790 g/mol. The zero-order valence-electron chi connectivity index (χ0n) is 78.4. The molecule has 17 amide bonds. The number of unbranched alkanes of at least 4 members (excludes halogenated alkanes) is 2. The number of thioether (sulfide) groups is 1. The Labute approximate surface area is 797 Å². The Morgan fingerprint density at radius 3 is 1.62 bits per heavy atom. The Balaban J connectivity index is 1.09. The van der Waals surface area contributed by atoms with Gasteiger partial charge in [0.25, 0.3) is 5.91 Å². The van der Waals surface area contributed by atoms with Gasteiger partial charge in [0.1, 0.15) is 90.1 Å².